The number of halogens is 3. The highest BCUT2D eigenvalue weighted by Gasteiger charge is 2.29. The number of hydrogen-bond donors (Lipinski definition) is 1. The first-order chi connectivity index (χ1) is 12.6. The van der Waals surface area contributed by atoms with Gasteiger partial charge in [-0.15, -0.1) is 0 Å². The summed E-state index contributed by atoms with van der Waals surface area (Å²) in [6.45, 7) is 2.49. The number of pyridine rings is 1. The predicted octanol–water partition coefficient (Wildman–Crippen LogP) is 1.30. The number of amides is 1. The first-order valence-corrected chi connectivity index (χ1v) is 8.44. The lowest BCUT2D eigenvalue weighted by atomic mass is 10.2. The summed E-state index contributed by atoms with van der Waals surface area (Å²) in [5.74, 6) is -1.15. The molecule has 0 radical (unpaired) electrons. The monoisotopic (exact) mass is 390 g/mol. The van der Waals surface area contributed by atoms with Crippen molar-refractivity contribution in [2.24, 2.45) is 0 Å². The van der Waals surface area contributed by atoms with Gasteiger partial charge in [0, 0.05) is 32.4 Å². The maximum atomic E-state index is 12.2. The van der Waals surface area contributed by atoms with Crippen molar-refractivity contribution in [3.63, 3.8) is 0 Å². The third-order valence-corrected chi connectivity index (χ3v) is 3.55. The average molecular weight is 390 g/mol. The molecule has 0 unspecified atom stereocenters. The van der Waals surface area contributed by atoms with E-state index in [1.165, 1.54) is 18.3 Å². The minimum Gasteiger partial charge on any atom is -0.452 e. The lowest BCUT2D eigenvalue weighted by Gasteiger charge is -2.23. The normalized spacial score (nSPS) is 11.5. The van der Waals surface area contributed by atoms with E-state index in [-0.39, 0.29) is 24.6 Å². The lowest BCUT2D eigenvalue weighted by Crippen LogP contribution is -2.41. The number of aromatic nitrogens is 1. The van der Waals surface area contributed by atoms with Gasteiger partial charge in [-0.2, -0.15) is 13.2 Å². The highest BCUT2D eigenvalue weighted by Crippen LogP contribution is 2.15. The molecule has 0 aromatic carbocycles. The average Bonchev–Trinajstić information content (AvgIpc) is 2.59. The molecule has 1 rings (SSSR count). The van der Waals surface area contributed by atoms with Crippen LogP contribution in [0, 0.1) is 0 Å². The van der Waals surface area contributed by atoms with E-state index >= 15 is 0 Å². The third kappa shape index (κ3) is 9.34. The molecular weight excluding hydrogens is 365 g/mol. The molecule has 0 saturated heterocycles. The molecule has 10 heteroatoms. The number of hydrogen-bond acceptors (Lipinski definition) is 6. The van der Waals surface area contributed by atoms with Gasteiger partial charge in [-0.25, -0.2) is 4.79 Å². The van der Waals surface area contributed by atoms with E-state index in [1.54, 1.807) is 4.90 Å². The fraction of sp³-hybridized carbons (Fsp3) is 0.588. The van der Waals surface area contributed by atoms with Crippen molar-refractivity contribution in [2.45, 2.75) is 19.6 Å². The van der Waals surface area contributed by atoms with Crippen molar-refractivity contribution >= 4 is 11.9 Å². The highest BCUT2D eigenvalue weighted by molar-refractivity contribution is 5.89. The molecule has 1 aromatic rings. The van der Waals surface area contributed by atoms with Crippen LogP contribution in [0.1, 0.15) is 23.0 Å². The summed E-state index contributed by atoms with van der Waals surface area (Å²) in [4.78, 5) is 31.5. The van der Waals surface area contributed by atoms with E-state index in [0.717, 1.165) is 6.54 Å². The van der Waals surface area contributed by atoms with Gasteiger partial charge in [0.15, 0.2) is 6.61 Å². The van der Waals surface area contributed by atoms with E-state index in [2.05, 4.69) is 15.0 Å². The first kappa shape index (κ1) is 22.8. The van der Waals surface area contributed by atoms with E-state index in [1.807, 2.05) is 25.9 Å². The number of likely N-dealkylation sites (N-methyl/N-ethyl adjacent to an activating group) is 2. The number of nitrogens with zero attached hydrogens (tertiary/aromatic N) is 3. The van der Waals surface area contributed by atoms with Crippen molar-refractivity contribution in [3.8, 4) is 0 Å². The number of ether oxygens (including phenoxy) is 1. The van der Waals surface area contributed by atoms with E-state index in [9.17, 15) is 22.8 Å². The SMILES string of the molecule is CCN(CCN(C)C)C(=O)CNCc1cc(C(=O)OCC(F)(F)F)ccn1. The number of rotatable bonds is 10. The van der Waals surface area contributed by atoms with E-state index in [4.69, 9.17) is 0 Å². The fourth-order valence-corrected chi connectivity index (χ4v) is 2.12. The Bertz CT molecular complexity index is 624. The van der Waals surface area contributed by atoms with Crippen LogP contribution in [-0.2, 0) is 16.1 Å². The molecule has 0 saturated carbocycles. The Morgan fingerprint density at radius 1 is 1.26 bits per heavy atom. The van der Waals surface area contributed by atoms with Crippen LogP contribution in [0.3, 0.4) is 0 Å². The van der Waals surface area contributed by atoms with Crippen LogP contribution in [0.5, 0.6) is 0 Å². The summed E-state index contributed by atoms with van der Waals surface area (Å²) < 4.78 is 40.5. The van der Waals surface area contributed by atoms with Crippen LogP contribution < -0.4 is 5.32 Å². The second-order valence-corrected chi connectivity index (χ2v) is 6.11. The molecule has 7 nitrogen and oxygen atoms in total. The van der Waals surface area contributed by atoms with Gasteiger partial charge >= 0.3 is 12.1 Å². The standard InChI is InChI=1S/C17H25F3N4O3/c1-4-24(8-7-23(2)3)15(25)11-21-10-14-9-13(5-6-22-14)16(26)27-12-17(18,19)20/h5-6,9,21H,4,7-8,10-12H2,1-3H3. The Kier molecular flexibility index (Phi) is 9.16. The topological polar surface area (TPSA) is 74.8 Å². The van der Waals surface area contributed by atoms with Crippen molar-refractivity contribution in [2.75, 3.05) is 46.9 Å². The molecule has 0 aliphatic carbocycles. The Labute approximate surface area is 156 Å². The van der Waals surface area contributed by atoms with Crippen LogP contribution in [0.15, 0.2) is 18.3 Å². The van der Waals surface area contributed by atoms with Crippen molar-refractivity contribution in [3.05, 3.63) is 29.6 Å². The second-order valence-electron chi connectivity index (χ2n) is 6.11. The first-order valence-electron chi connectivity index (χ1n) is 8.44. The maximum Gasteiger partial charge on any atom is 0.422 e. The largest absolute Gasteiger partial charge is 0.452 e. The van der Waals surface area contributed by atoms with Gasteiger partial charge in [-0.1, -0.05) is 0 Å². The van der Waals surface area contributed by atoms with E-state index in [0.29, 0.717) is 18.8 Å². The number of carbonyl (C=O) groups is 2. The molecule has 1 amide bonds. The lowest BCUT2D eigenvalue weighted by molar-refractivity contribution is -0.161. The Balaban J connectivity index is 2.51. The summed E-state index contributed by atoms with van der Waals surface area (Å²) in [7, 11) is 3.85. The van der Waals surface area contributed by atoms with Crippen molar-refractivity contribution in [1.29, 1.82) is 0 Å². The van der Waals surface area contributed by atoms with Crippen LogP contribution in [0.2, 0.25) is 0 Å². The fourth-order valence-electron chi connectivity index (χ4n) is 2.12. The number of esters is 1. The molecule has 152 valence electrons. The molecule has 1 aromatic heterocycles. The smallest absolute Gasteiger partial charge is 0.422 e. The van der Waals surface area contributed by atoms with Gasteiger partial charge in [0.1, 0.15) is 0 Å². The minimum absolute atomic E-state index is 0.0291. The number of alkyl halides is 3. The summed E-state index contributed by atoms with van der Waals surface area (Å²) in [6, 6.07) is 2.60. The van der Waals surface area contributed by atoms with Crippen LogP contribution in [-0.4, -0.2) is 79.7 Å². The Morgan fingerprint density at radius 3 is 2.56 bits per heavy atom. The van der Waals surface area contributed by atoms with Crippen LogP contribution in [0.4, 0.5) is 13.2 Å². The van der Waals surface area contributed by atoms with Gasteiger partial charge < -0.3 is 19.9 Å². The summed E-state index contributed by atoms with van der Waals surface area (Å²) in [5, 5.41) is 2.93. The molecule has 0 bridgehead atoms. The molecule has 1 N–H and O–H groups in total. The van der Waals surface area contributed by atoms with Gasteiger partial charge in [0.2, 0.25) is 5.91 Å². The number of nitrogens with one attached hydrogen (secondary N) is 1. The Hall–Kier alpha value is -2.20. The maximum absolute atomic E-state index is 12.2. The second kappa shape index (κ2) is 10.8. The molecule has 0 fully saturated rings. The minimum atomic E-state index is -4.58. The predicted molar refractivity (Wildman–Crippen MR) is 93.1 cm³/mol. The molecular formula is C17H25F3N4O3. The molecule has 0 atom stereocenters. The van der Waals surface area contributed by atoms with Crippen LogP contribution in [0.25, 0.3) is 0 Å². The van der Waals surface area contributed by atoms with Gasteiger partial charge in [0.05, 0.1) is 17.8 Å². The van der Waals surface area contributed by atoms with Crippen LogP contribution >= 0.6 is 0 Å². The summed E-state index contributed by atoms with van der Waals surface area (Å²) >= 11 is 0. The van der Waals surface area contributed by atoms with Gasteiger partial charge in [-0.3, -0.25) is 9.78 Å². The molecule has 0 spiro atoms. The molecule has 0 aliphatic heterocycles. The molecule has 27 heavy (non-hydrogen) atoms. The van der Waals surface area contributed by atoms with Gasteiger partial charge in [-0.05, 0) is 33.2 Å². The zero-order chi connectivity index (χ0) is 20.4. The zero-order valence-electron chi connectivity index (χ0n) is 15.7. The number of carbonyl (C=O) groups excluding carboxylic acids is 2. The quantitative estimate of drug-likeness (QED) is 0.607. The third-order valence-electron chi connectivity index (χ3n) is 3.55. The Morgan fingerprint density at radius 2 is 1.96 bits per heavy atom. The van der Waals surface area contributed by atoms with Gasteiger partial charge in [0.25, 0.3) is 0 Å². The highest BCUT2D eigenvalue weighted by atomic mass is 19.4. The molecule has 1 heterocycles. The zero-order valence-corrected chi connectivity index (χ0v) is 15.7. The van der Waals surface area contributed by atoms with Crippen molar-refractivity contribution in [1.82, 2.24) is 20.1 Å². The summed E-state index contributed by atoms with van der Waals surface area (Å²) in [5.41, 5.74) is 0.388. The van der Waals surface area contributed by atoms with Crippen molar-refractivity contribution < 1.29 is 27.5 Å². The van der Waals surface area contributed by atoms with E-state index < -0.39 is 18.8 Å². The summed E-state index contributed by atoms with van der Waals surface area (Å²) in [6.07, 6.45) is -3.27. The molecule has 0 aliphatic rings.